The Morgan fingerprint density at radius 3 is 2.60 bits per heavy atom. The van der Waals surface area contributed by atoms with Gasteiger partial charge >= 0.3 is 5.97 Å². The summed E-state index contributed by atoms with van der Waals surface area (Å²) in [6.45, 7) is 2.88. The molecule has 0 saturated carbocycles. The van der Waals surface area contributed by atoms with Crippen LogP contribution in [0.4, 0.5) is 0 Å². The van der Waals surface area contributed by atoms with E-state index in [2.05, 4.69) is 4.99 Å². The van der Waals surface area contributed by atoms with Crippen molar-refractivity contribution >= 4 is 18.5 Å². The number of rotatable bonds is 4. The maximum atomic E-state index is 11.0. The molecule has 1 heterocycles. The molecule has 0 amide bonds. The predicted molar refractivity (Wildman–Crippen MR) is 54.1 cm³/mol. The number of ether oxygens (including phenoxy) is 1. The lowest BCUT2D eigenvalue weighted by Crippen LogP contribution is -2.38. The summed E-state index contributed by atoms with van der Waals surface area (Å²) in [6, 6.07) is 0. The number of aliphatic carboxylic acids is 1. The fraction of sp³-hybridized carbons (Fsp3) is 0.700. The van der Waals surface area contributed by atoms with Crippen molar-refractivity contribution in [2.24, 2.45) is 10.9 Å². The van der Waals surface area contributed by atoms with E-state index in [1.807, 2.05) is 0 Å². The quantitative estimate of drug-likeness (QED) is 0.545. The first-order valence-electron chi connectivity index (χ1n) is 4.91. The van der Waals surface area contributed by atoms with E-state index in [-0.39, 0.29) is 5.92 Å². The fourth-order valence-electron chi connectivity index (χ4n) is 1.71. The zero-order valence-corrected chi connectivity index (χ0v) is 8.68. The number of hydrogen-bond donors (Lipinski definition) is 1. The molecule has 1 aliphatic heterocycles. The number of carboxylic acids is 1. The van der Waals surface area contributed by atoms with Crippen molar-refractivity contribution in [3.8, 4) is 0 Å². The number of carbonyl (C=O) groups is 2. The van der Waals surface area contributed by atoms with Crippen molar-refractivity contribution in [1.82, 2.24) is 0 Å². The Kier molecular flexibility index (Phi) is 3.96. The van der Waals surface area contributed by atoms with Gasteiger partial charge in [-0.15, -0.1) is 0 Å². The van der Waals surface area contributed by atoms with Crippen molar-refractivity contribution < 1.29 is 19.4 Å². The summed E-state index contributed by atoms with van der Waals surface area (Å²) in [5.41, 5.74) is -0.928. The first-order chi connectivity index (χ1) is 7.08. The second-order valence-corrected chi connectivity index (χ2v) is 3.83. The minimum atomic E-state index is -1.13. The van der Waals surface area contributed by atoms with Gasteiger partial charge in [0.15, 0.2) is 0 Å². The molecule has 1 saturated heterocycles. The molecule has 0 aliphatic carbocycles. The van der Waals surface area contributed by atoms with E-state index in [1.54, 1.807) is 6.92 Å². The Balaban J connectivity index is 2.73. The first kappa shape index (κ1) is 11.8. The zero-order valence-electron chi connectivity index (χ0n) is 8.68. The molecule has 5 nitrogen and oxygen atoms in total. The highest BCUT2D eigenvalue weighted by molar-refractivity contribution is 6.22. The number of nitrogens with zero attached hydrogens (tertiary/aromatic N) is 1. The van der Waals surface area contributed by atoms with E-state index in [4.69, 9.17) is 9.84 Å². The highest BCUT2D eigenvalue weighted by atomic mass is 16.5. The number of carboxylic acid groups (broad SMARTS) is 1. The normalized spacial score (nSPS) is 22.5. The molecule has 1 atom stereocenters. The van der Waals surface area contributed by atoms with Gasteiger partial charge in [0.1, 0.15) is 18.0 Å². The van der Waals surface area contributed by atoms with Gasteiger partial charge in [-0.3, -0.25) is 4.99 Å². The standard InChI is InChI=1S/C10H15NO4/c1-10(7-12,11-6-9(13)14)8-2-4-15-5-3-8/h6-8H,2-5H2,1H3,(H,13,14)/t10-/m0/s1. The van der Waals surface area contributed by atoms with Crippen LogP contribution in [0.25, 0.3) is 0 Å². The number of hydrogen-bond acceptors (Lipinski definition) is 4. The first-order valence-corrected chi connectivity index (χ1v) is 4.91. The minimum absolute atomic E-state index is 0.0688. The smallest absolute Gasteiger partial charge is 0.346 e. The highest BCUT2D eigenvalue weighted by Crippen LogP contribution is 2.28. The molecule has 1 N–H and O–H groups in total. The van der Waals surface area contributed by atoms with E-state index in [9.17, 15) is 9.59 Å². The summed E-state index contributed by atoms with van der Waals surface area (Å²) in [7, 11) is 0. The third-order valence-corrected chi connectivity index (χ3v) is 2.74. The molecule has 1 aliphatic rings. The molecule has 0 aromatic carbocycles. The monoisotopic (exact) mass is 213 g/mol. The molecule has 5 heteroatoms. The Hall–Kier alpha value is -1.23. The third kappa shape index (κ3) is 3.13. The second-order valence-electron chi connectivity index (χ2n) is 3.83. The van der Waals surface area contributed by atoms with Gasteiger partial charge in [0.05, 0.1) is 0 Å². The zero-order chi connectivity index (χ0) is 11.3. The molecule has 1 rings (SSSR count). The molecule has 84 valence electrons. The van der Waals surface area contributed by atoms with Crippen LogP contribution in [-0.4, -0.2) is 42.3 Å². The van der Waals surface area contributed by atoms with E-state index in [0.29, 0.717) is 13.2 Å². The second kappa shape index (κ2) is 5.02. The van der Waals surface area contributed by atoms with Crippen LogP contribution in [0.5, 0.6) is 0 Å². The summed E-state index contributed by atoms with van der Waals surface area (Å²) >= 11 is 0. The van der Waals surface area contributed by atoms with Gasteiger partial charge in [-0.25, -0.2) is 4.79 Å². The lowest BCUT2D eigenvalue weighted by molar-refractivity contribution is -0.128. The topological polar surface area (TPSA) is 76.0 Å². The average Bonchev–Trinajstić information content (AvgIpc) is 2.27. The molecule has 0 bridgehead atoms. The van der Waals surface area contributed by atoms with Crippen LogP contribution >= 0.6 is 0 Å². The minimum Gasteiger partial charge on any atom is -0.477 e. The van der Waals surface area contributed by atoms with Gasteiger partial charge in [0.2, 0.25) is 0 Å². The fourth-order valence-corrected chi connectivity index (χ4v) is 1.71. The van der Waals surface area contributed by atoms with Gasteiger partial charge in [-0.05, 0) is 25.7 Å². The van der Waals surface area contributed by atoms with Crippen molar-refractivity contribution in [3.63, 3.8) is 0 Å². The molecular weight excluding hydrogens is 198 g/mol. The maximum absolute atomic E-state index is 11.0. The van der Waals surface area contributed by atoms with Crippen LogP contribution in [-0.2, 0) is 14.3 Å². The maximum Gasteiger partial charge on any atom is 0.346 e. The van der Waals surface area contributed by atoms with Gasteiger partial charge in [0.25, 0.3) is 0 Å². The van der Waals surface area contributed by atoms with Crippen LogP contribution in [0.3, 0.4) is 0 Å². The van der Waals surface area contributed by atoms with Crippen molar-refractivity contribution in [2.75, 3.05) is 13.2 Å². The molecule has 0 spiro atoms. The summed E-state index contributed by atoms with van der Waals surface area (Å²) in [5.74, 6) is -1.06. The summed E-state index contributed by atoms with van der Waals surface area (Å²) < 4.78 is 5.18. The summed E-state index contributed by atoms with van der Waals surface area (Å²) in [5, 5.41) is 8.48. The van der Waals surface area contributed by atoms with Gasteiger partial charge in [-0.1, -0.05) is 0 Å². The highest BCUT2D eigenvalue weighted by Gasteiger charge is 2.34. The van der Waals surface area contributed by atoms with Crippen LogP contribution in [0.2, 0.25) is 0 Å². The largest absolute Gasteiger partial charge is 0.477 e. The molecule has 15 heavy (non-hydrogen) atoms. The lowest BCUT2D eigenvalue weighted by atomic mass is 9.82. The van der Waals surface area contributed by atoms with Gasteiger partial charge < -0.3 is 14.6 Å². The SMILES string of the molecule is C[C@@](C=O)(N=CC(=O)O)C1CCOCC1. The van der Waals surface area contributed by atoms with Crippen LogP contribution in [0.15, 0.2) is 4.99 Å². The van der Waals surface area contributed by atoms with Crippen molar-refractivity contribution in [1.29, 1.82) is 0 Å². The van der Waals surface area contributed by atoms with Crippen LogP contribution in [0.1, 0.15) is 19.8 Å². The molecular formula is C10H15NO4. The lowest BCUT2D eigenvalue weighted by Gasteiger charge is -2.32. The van der Waals surface area contributed by atoms with Crippen LogP contribution in [0, 0.1) is 5.92 Å². The summed E-state index contributed by atoms with van der Waals surface area (Å²) in [4.78, 5) is 25.2. The molecule has 0 aromatic heterocycles. The summed E-state index contributed by atoms with van der Waals surface area (Å²) in [6.07, 6.45) is 3.00. The van der Waals surface area contributed by atoms with Crippen molar-refractivity contribution in [3.05, 3.63) is 0 Å². The van der Waals surface area contributed by atoms with E-state index in [1.165, 1.54) is 0 Å². The Morgan fingerprint density at radius 1 is 1.53 bits per heavy atom. The van der Waals surface area contributed by atoms with E-state index in [0.717, 1.165) is 25.3 Å². The number of aliphatic imine (C=N–C) groups is 1. The molecule has 0 radical (unpaired) electrons. The molecule has 0 unspecified atom stereocenters. The van der Waals surface area contributed by atoms with E-state index >= 15 is 0 Å². The Labute approximate surface area is 88.1 Å². The average molecular weight is 213 g/mol. The predicted octanol–water partition coefficient (Wildman–Crippen LogP) is 0.526. The third-order valence-electron chi connectivity index (χ3n) is 2.74. The number of carbonyl (C=O) groups excluding carboxylic acids is 1. The Morgan fingerprint density at radius 2 is 2.13 bits per heavy atom. The van der Waals surface area contributed by atoms with Gasteiger partial charge in [-0.2, -0.15) is 0 Å². The van der Waals surface area contributed by atoms with Crippen molar-refractivity contribution in [2.45, 2.75) is 25.3 Å². The molecule has 0 aromatic rings. The Bertz CT molecular complexity index is 271. The molecule has 1 fully saturated rings. The van der Waals surface area contributed by atoms with Gasteiger partial charge in [0, 0.05) is 13.2 Å². The van der Waals surface area contributed by atoms with E-state index < -0.39 is 11.5 Å². The van der Waals surface area contributed by atoms with Crippen LogP contribution < -0.4 is 0 Å². The number of aldehydes is 1.